The number of rotatable bonds is 6. The van der Waals surface area contributed by atoms with Crippen molar-refractivity contribution in [2.75, 3.05) is 6.54 Å². The van der Waals surface area contributed by atoms with Gasteiger partial charge in [0.25, 0.3) is 5.91 Å². The van der Waals surface area contributed by atoms with Gasteiger partial charge in [0.1, 0.15) is 6.33 Å². The number of amides is 1. The first-order valence-corrected chi connectivity index (χ1v) is 6.80. The summed E-state index contributed by atoms with van der Waals surface area (Å²) in [6.45, 7) is 8.53. The van der Waals surface area contributed by atoms with Crippen LogP contribution in [0.5, 0.6) is 0 Å². The zero-order valence-electron chi connectivity index (χ0n) is 12.6. The Labute approximate surface area is 127 Å². The first-order chi connectivity index (χ1) is 8.93. The molecule has 0 spiro atoms. The van der Waals surface area contributed by atoms with Crippen LogP contribution < -0.4 is 11.1 Å². The molecule has 0 saturated heterocycles. The van der Waals surface area contributed by atoms with Crippen LogP contribution in [-0.2, 0) is 0 Å². The van der Waals surface area contributed by atoms with E-state index in [1.165, 1.54) is 6.33 Å². The van der Waals surface area contributed by atoms with Crippen molar-refractivity contribution < 1.29 is 4.79 Å². The molecule has 1 heterocycles. The Kier molecular flexibility index (Phi) is 7.68. The third kappa shape index (κ3) is 4.72. The van der Waals surface area contributed by atoms with Crippen molar-refractivity contribution in [2.24, 2.45) is 5.73 Å². The second-order valence-electron chi connectivity index (χ2n) is 5.23. The number of hydrogen-bond acceptors (Lipinski definition) is 4. The Bertz CT molecular complexity index is 433. The number of halogens is 1. The summed E-state index contributed by atoms with van der Waals surface area (Å²) < 4.78 is 0. The van der Waals surface area contributed by atoms with E-state index in [0.717, 1.165) is 18.5 Å². The Balaban J connectivity index is 0.00000361. The Morgan fingerprint density at radius 3 is 2.50 bits per heavy atom. The van der Waals surface area contributed by atoms with Gasteiger partial charge in [-0.15, -0.1) is 12.4 Å². The highest BCUT2D eigenvalue weighted by molar-refractivity contribution is 5.95. The van der Waals surface area contributed by atoms with Crippen molar-refractivity contribution >= 4 is 18.3 Å². The van der Waals surface area contributed by atoms with Crippen molar-refractivity contribution in [2.45, 2.75) is 52.0 Å². The Hall–Kier alpha value is -1.20. The molecule has 5 nitrogen and oxygen atoms in total. The molecule has 0 unspecified atom stereocenters. The molecular formula is C14H25ClN4O. The van der Waals surface area contributed by atoms with Gasteiger partial charge in [0.2, 0.25) is 0 Å². The lowest BCUT2D eigenvalue weighted by molar-refractivity contribution is 0.0940. The quantitative estimate of drug-likeness (QED) is 0.844. The molecule has 6 heteroatoms. The third-order valence-corrected chi connectivity index (χ3v) is 3.54. The molecule has 0 radical (unpaired) electrons. The number of carbonyl (C=O) groups excluding carboxylic acids is 1. The average molecular weight is 301 g/mol. The fraction of sp³-hybridized carbons (Fsp3) is 0.643. The summed E-state index contributed by atoms with van der Waals surface area (Å²) in [5.41, 5.74) is 7.13. The fourth-order valence-electron chi connectivity index (χ4n) is 1.83. The van der Waals surface area contributed by atoms with Crippen molar-refractivity contribution in [3.8, 4) is 0 Å². The number of aromatic nitrogens is 2. The molecule has 0 bridgehead atoms. The minimum atomic E-state index is -0.344. The van der Waals surface area contributed by atoms with Gasteiger partial charge in [-0.25, -0.2) is 9.97 Å². The molecule has 0 saturated carbocycles. The van der Waals surface area contributed by atoms with E-state index in [1.807, 2.05) is 27.7 Å². The minimum Gasteiger partial charge on any atom is -0.350 e. The Morgan fingerprint density at radius 2 is 2.00 bits per heavy atom. The van der Waals surface area contributed by atoms with E-state index in [0.29, 0.717) is 12.1 Å². The first-order valence-electron chi connectivity index (χ1n) is 6.80. The van der Waals surface area contributed by atoms with Crippen LogP contribution in [0.2, 0.25) is 0 Å². The number of hydrogen-bond donors (Lipinski definition) is 2. The monoisotopic (exact) mass is 300 g/mol. The highest BCUT2D eigenvalue weighted by atomic mass is 35.5. The van der Waals surface area contributed by atoms with Crippen LogP contribution in [0.4, 0.5) is 0 Å². The summed E-state index contributed by atoms with van der Waals surface area (Å²) in [4.78, 5) is 20.3. The van der Waals surface area contributed by atoms with Gasteiger partial charge in [0, 0.05) is 18.3 Å². The normalized spacial score (nSPS) is 11.1. The van der Waals surface area contributed by atoms with Crippen molar-refractivity contribution in [3.05, 3.63) is 23.8 Å². The van der Waals surface area contributed by atoms with Gasteiger partial charge < -0.3 is 11.1 Å². The Morgan fingerprint density at radius 1 is 1.40 bits per heavy atom. The molecule has 20 heavy (non-hydrogen) atoms. The van der Waals surface area contributed by atoms with Crippen LogP contribution in [0.1, 0.15) is 62.5 Å². The molecule has 1 amide bonds. The second-order valence-corrected chi connectivity index (χ2v) is 5.23. The van der Waals surface area contributed by atoms with E-state index < -0.39 is 0 Å². The molecule has 1 rings (SSSR count). The fourth-order valence-corrected chi connectivity index (χ4v) is 1.83. The SMILES string of the molecule is CCC(N)(CC)CNC(=O)c1cncnc1C(C)C.Cl. The van der Waals surface area contributed by atoms with E-state index in [-0.39, 0.29) is 29.8 Å². The molecule has 114 valence electrons. The van der Waals surface area contributed by atoms with Crippen LogP contribution >= 0.6 is 12.4 Å². The predicted molar refractivity (Wildman–Crippen MR) is 83.2 cm³/mol. The second kappa shape index (κ2) is 8.17. The van der Waals surface area contributed by atoms with Crippen LogP contribution in [-0.4, -0.2) is 28.0 Å². The maximum atomic E-state index is 12.2. The van der Waals surface area contributed by atoms with Gasteiger partial charge in [-0.2, -0.15) is 0 Å². The van der Waals surface area contributed by atoms with Crippen molar-refractivity contribution in [1.29, 1.82) is 0 Å². The summed E-state index contributed by atoms with van der Waals surface area (Å²) in [6.07, 6.45) is 4.68. The summed E-state index contributed by atoms with van der Waals surface area (Å²) in [5.74, 6) is 0.0322. The van der Waals surface area contributed by atoms with Gasteiger partial charge in [-0.1, -0.05) is 27.7 Å². The highest BCUT2D eigenvalue weighted by Gasteiger charge is 2.22. The number of carbonyl (C=O) groups is 1. The van der Waals surface area contributed by atoms with Gasteiger partial charge in [0.15, 0.2) is 0 Å². The van der Waals surface area contributed by atoms with E-state index in [9.17, 15) is 4.79 Å². The minimum absolute atomic E-state index is 0. The lowest BCUT2D eigenvalue weighted by atomic mass is 9.94. The zero-order valence-corrected chi connectivity index (χ0v) is 13.5. The van der Waals surface area contributed by atoms with Crippen LogP contribution in [0.3, 0.4) is 0 Å². The van der Waals surface area contributed by atoms with Gasteiger partial charge in [-0.05, 0) is 18.8 Å². The number of nitrogens with one attached hydrogen (secondary N) is 1. The summed E-state index contributed by atoms with van der Waals surface area (Å²) in [6, 6.07) is 0. The van der Waals surface area contributed by atoms with E-state index in [4.69, 9.17) is 5.73 Å². The van der Waals surface area contributed by atoms with Crippen molar-refractivity contribution in [1.82, 2.24) is 15.3 Å². The van der Waals surface area contributed by atoms with Crippen LogP contribution in [0.15, 0.2) is 12.5 Å². The number of nitrogens with two attached hydrogens (primary N) is 1. The highest BCUT2D eigenvalue weighted by Crippen LogP contribution is 2.16. The third-order valence-electron chi connectivity index (χ3n) is 3.54. The van der Waals surface area contributed by atoms with Gasteiger partial charge in [0.05, 0.1) is 11.3 Å². The molecule has 0 aliphatic carbocycles. The van der Waals surface area contributed by atoms with E-state index in [1.54, 1.807) is 6.20 Å². The lowest BCUT2D eigenvalue weighted by Gasteiger charge is -2.27. The average Bonchev–Trinajstić information content (AvgIpc) is 2.44. The molecule has 0 fully saturated rings. The maximum Gasteiger partial charge on any atom is 0.254 e. The van der Waals surface area contributed by atoms with Gasteiger partial charge >= 0.3 is 0 Å². The van der Waals surface area contributed by atoms with Crippen LogP contribution in [0.25, 0.3) is 0 Å². The largest absolute Gasteiger partial charge is 0.350 e. The lowest BCUT2D eigenvalue weighted by Crippen LogP contribution is -2.49. The molecule has 0 aliphatic rings. The predicted octanol–water partition coefficient (Wildman–Crippen LogP) is 2.27. The maximum absolute atomic E-state index is 12.2. The molecule has 1 aromatic heterocycles. The van der Waals surface area contributed by atoms with Crippen LogP contribution in [0, 0.1) is 0 Å². The van der Waals surface area contributed by atoms with Gasteiger partial charge in [-0.3, -0.25) is 4.79 Å². The summed E-state index contributed by atoms with van der Waals surface area (Å²) in [7, 11) is 0. The molecule has 3 N–H and O–H groups in total. The molecule has 0 atom stereocenters. The summed E-state index contributed by atoms with van der Waals surface area (Å²) >= 11 is 0. The molecule has 1 aromatic rings. The standard InChI is InChI=1S/C14H24N4O.ClH/c1-5-14(15,6-2)8-17-13(19)11-7-16-9-18-12(11)10(3)4;/h7,9-10H,5-6,8,15H2,1-4H3,(H,17,19);1H. The van der Waals surface area contributed by atoms with Crippen molar-refractivity contribution in [3.63, 3.8) is 0 Å². The first kappa shape index (κ1) is 18.8. The smallest absolute Gasteiger partial charge is 0.254 e. The molecular weight excluding hydrogens is 276 g/mol. The van der Waals surface area contributed by atoms with E-state index >= 15 is 0 Å². The summed E-state index contributed by atoms with van der Waals surface area (Å²) in [5, 5.41) is 2.89. The van der Waals surface area contributed by atoms with E-state index in [2.05, 4.69) is 15.3 Å². The molecule has 0 aliphatic heterocycles. The topological polar surface area (TPSA) is 80.9 Å². The number of nitrogens with zero attached hydrogens (tertiary/aromatic N) is 2. The zero-order chi connectivity index (χ0) is 14.5. The molecule has 0 aromatic carbocycles.